The van der Waals surface area contributed by atoms with Gasteiger partial charge in [0.25, 0.3) is 5.91 Å². The third-order valence-electron chi connectivity index (χ3n) is 4.52. The van der Waals surface area contributed by atoms with Gasteiger partial charge in [0.05, 0.1) is 5.69 Å². The predicted octanol–water partition coefficient (Wildman–Crippen LogP) is 1.68. The van der Waals surface area contributed by atoms with Crippen LogP contribution in [-0.2, 0) is 14.4 Å². The fourth-order valence-corrected chi connectivity index (χ4v) is 2.83. The van der Waals surface area contributed by atoms with Gasteiger partial charge in [-0.2, -0.15) is 0 Å². The van der Waals surface area contributed by atoms with Crippen molar-refractivity contribution in [2.24, 2.45) is 5.92 Å². The summed E-state index contributed by atoms with van der Waals surface area (Å²) in [6.07, 6.45) is 3.76. The number of nitrogens with zero attached hydrogens (tertiary/aromatic N) is 1. The molecule has 0 bridgehead atoms. The number of carbonyl (C=O) groups excluding carboxylic acids is 3. The Balaban J connectivity index is 1.75. The van der Waals surface area contributed by atoms with Gasteiger partial charge < -0.3 is 15.4 Å². The van der Waals surface area contributed by atoms with Crippen LogP contribution >= 0.6 is 0 Å². The second-order valence-corrected chi connectivity index (χ2v) is 6.42. The highest BCUT2D eigenvalue weighted by Crippen LogP contribution is 2.35. The van der Waals surface area contributed by atoms with Crippen LogP contribution < -0.4 is 20.3 Å². The lowest BCUT2D eigenvalue weighted by atomic mass is 9.85. The van der Waals surface area contributed by atoms with Crippen molar-refractivity contribution in [2.45, 2.75) is 32.6 Å². The molecule has 1 heterocycles. The zero-order valence-corrected chi connectivity index (χ0v) is 14.3. The second kappa shape index (κ2) is 7.55. The summed E-state index contributed by atoms with van der Waals surface area (Å²) < 4.78 is 5.43. The highest BCUT2D eigenvalue weighted by molar-refractivity contribution is 6.03. The number of anilines is 2. The van der Waals surface area contributed by atoms with E-state index in [1.54, 1.807) is 18.2 Å². The Morgan fingerprint density at radius 2 is 2.12 bits per heavy atom. The lowest BCUT2D eigenvalue weighted by Gasteiger charge is -2.30. The summed E-state index contributed by atoms with van der Waals surface area (Å²) >= 11 is 0. The van der Waals surface area contributed by atoms with Gasteiger partial charge in [-0.3, -0.25) is 19.3 Å². The van der Waals surface area contributed by atoms with Gasteiger partial charge in [-0.05, 0) is 37.5 Å². The van der Waals surface area contributed by atoms with Crippen LogP contribution in [0.1, 0.15) is 32.6 Å². The first kappa shape index (κ1) is 17.3. The Hall–Kier alpha value is -2.57. The van der Waals surface area contributed by atoms with Crippen LogP contribution in [0.5, 0.6) is 5.75 Å². The van der Waals surface area contributed by atoms with Crippen LogP contribution in [0.25, 0.3) is 0 Å². The Morgan fingerprint density at radius 3 is 2.80 bits per heavy atom. The molecule has 3 rings (SSSR count). The number of ether oxygens (including phenoxy) is 1. The molecule has 25 heavy (non-hydrogen) atoms. The number of carbonyl (C=O) groups is 3. The highest BCUT2D eigenvalue weighted by atomic mass is 16.5. The van der Waals surface area contributed by atoms with E-state index in [1.165, 1.54) is 4.90 Å². The van der Waals surface area contributed by atoms with Gasteiger partial charge in [0, 0.05) is 18.2 Å². The van der Waals surface area contributed by atoms with E-state index >= 15 is 0 Å². The van der Waals surface area contributed by atoms with Gasteiger partial charge in [-0.25, -0.2) is 0 Å². The fourth-order valence-electron chi connectivity index (χ4n) is 2.83. The van der Waals surface area contributed by atoms with Gasteiger partial charge >= 0.3 is 0 Å². The summed E-state index contributed by atoms with van der Waals surface area (Å²) in [5.74, 6) is 0.115. The third kappa shape index (κ3) is 3.92. The van der Waals surface area contributed by atoms with E-state index in [2.05, 4.69) is 10.6 Å². The third-order valence-corrected chi connectivity index (χ3v) is 4.52. The number of rotatable bonds is 6. The summed E-state index contributed by atoms with van der Waals surface area (Å²) in [5, 5.41) is 5.65. The first-order valence-corrected chi connectivity index (χ1v) is 8.73. The van der Waals surface area contributed by atoms with E-state index in [-0.39, 0.29) is 36.8 Å². The number of hydrogen-bond donors (Lipinski definition) is 2. The van der Waals surface area contributed by atoms with Crippen molar-refractivity contribution < 1.29 is 19.1 Å². The normalized spacial score (nSPS) is 16.5. The van der Waals surface area contributed by atoms with E-state index in [0.29, 0.717) is 23.7 Å². The van der Waals surface area contributed by atoms with E-state index in [1.807, 2.05) is 6.92 Å². The molecule has 134 valence electrons. The molecule has 0 spiro atoms. The van der Waals surface area contributed by atoms with Crippen LogP contribution in [0.2, 0.25) is 0 Å². The molecule has 2 N–H and O–H groups in total. The molecule has 1 aromatic rings. The van der Waals surface area contributed by atoms with E-state index < -0.39 is 0 Å². The molecule has 0 radical (unpaired) electrons. The van der Waals surface area contributed by atoms with Gasteiger partial charge in [0.1, 0.15) is 12.3 Å². The van der Waals surface area contributed by atoms with Crippen molar-refractivity contribution in [3.63, 3.8) is 0 Å². The molecule has 1 aliphatic carbocycles. The molecular weight excluding hydrogens is 322 g/mol. The van der Waals surface area contributed by atoms with Crippen LogP contribution in [0.15, 0.2) is 18.2 Å². The molecular formula is C18H23N3O4. The maximum atomic E-state index is 12.2. The number of benzene rings is 1. The Bertz CT molecular complexity index is 685. The quantitative estimate of drug-likeness (QED) is 0.821. The minimum absolute atomic E-state index is 0.00138. The van der Waals surface area contributed by atoms with Crippen molar-refractivity contribution in [3.05, 3.63) is 18.2 Å². The highest BCUT2D eigenvalue weighted by Gasteiger charge is 2.29. The van der Waals surface area contributed by atoms with Crippen LogP contribution in [-0.4, -0.2) is 37.4 Å². The van der Waals surface area contributed by atoms with Gasteiger partial charge in [0.15, 0.2) is 6.61 Å². The first-order chi connectivity index (χ1) is 12.1. The van der Waals surface area contributed by atoms with E-state index in [0.717, 1.165) is 25.7 Å². The van der Waals surface area contributed by atoms with E-state index in [4.69, 9.17) is 4.74 Å². The van der Waals surface area contributed by atoms with Crippen molar-refractivity contribution in [3.8, 4) is 5.75 Å². The average molecular weight is 345 g/mol. The molecule has 7 nitrogen and oxygen atoms in total. The average Bonchev–Trinajstić information content (AvgIpc) is 2.54. The van der Waals surface area contributed by atoms with Crippen LogP contribution in [0.4, 0.5) is 11.4 Å². The Morgan fingerprint density at radius 1 is 1.32 bits per heavy atom. The smallest absolute Gasteiger partial charge is 0.265 e. The molecule has 1 fully saturated rings. The second-order valence-electron chi connectivity index (χ2n) is 6.42. The van der Waals surface area contributed by atoms with Gasteiger partial charge in [0.2, 0.25) is 11.8 Å². The Labute approximate surface area is 146 Å². The molecule has 0 unspecified atom stereocenters. The molecule has 0 saturated heterocycles. The summed E-state index contributed by atoms with van der Waals surface area (Å²) in [5.41, 5.74) is 1.11. The topological polar surface area (TPSA) is 87.7 Å². The van der Waals surface area contributed by atoms with Crippen molar-refractivity contribution >= 4 is 29.1 Å². The van der Waals surface area contributed by atoms with Gasteiger partial charge in [-0.15, -0.1) is 0 Å². The predicted molar refractivity (Wildman–Crippen MR) is 93.6 cm³/mol. The fraction of sp³-hybridized carbons (Fsp3) is 0.500. The van der Waals surface area contributed by atoms with Crippen molar-refractivity contribution in [2.75, 3.05) is 29.9 Å². The summed E-state index contributed by atoms with van der Waals surface area (Å²) in [6.45, 7) is 2.38. The van der Waals surface area contributed by atoms with Gasteiger partial charge in [-0.1, -0.05) is 13.3 Å². The van der Waals surface area contributed by atoms with Crippen LogP contribution in [0, 0.1) is 5.92 Å². The zero-order valence-electron chi connectivity index (χ0n) is 14.3. The zero-order chi connectivity index (χ0) is 17.8. The SMILES string of the molecule is CCCNC(=O)CN1C(=O)COc2ccc(NC(=O)C3CCC3)cc21. The molecule has 1 saturated carbocycles. The number of fused-ring (bicyclic) bond motifs is 1. The molecule has 1 aliphatic heterocycles. The number of amides is 3. The monoisotopic (exact) mass is 345 g/mol. The molecule has 2 aliphatic rings. The molecule has 0 aromatic heterocycles. The lowest BCUT2D eigenvalue weighted by Crippen LogP contribution is -2.45. The number of nitrogens with one attached hydrogen (secondary N) is 2. The largest absolute Gasteiger partial charge is 0.482 e. The molecule has 3 amide bonds. The summed E-state index contributed by atoms with van der Waals surface area (Å²) in [6, 6.07) is 5.16. The minimum atomic E-state index is -0.276. The standard InChI is InChI=1S/C18H23N3O4/c1-2-8-19-16(22)10-21-14-9-13(20-18(24)12-4-3-5-12)6-7-15(14)25-11-17(21)23/h6-7,9,12H,2-5,8,10-11H2,1H3,(H,19,22)(H,20,24). The first-order valence-electron chi connectivity index (χ1n) is 8.73. The molecule has 7 heteroatoms. The number of hydrogen-bond acceptors (Lipinski definition) is 4. The van der Waals surface area contributed by atoms with Crippen molar-refractivity contribution in [1.82, 2.24) is 5.32 Å². The van der Waals surface area contributed by atoms with Crippen LogP contribution in [0.3, 0.4) is 0 Å². The Kier molecular flexibility index (Phi) is 5.21. The maximum Gasteiger partial charge on any atom is 0.265 e. The molecule has 1 aromatic carbocycles. The maximum absolute atomic E-state index is 12.2. The lowest BCUT2D eigenvalue weighted by molar-refractivity contribution is -0.125. The van der Waals surface area contributed by atoms with Crippen molar-refractivity contribution in [1.29, 1.82) is 0 Å². The molecule has 0 atom stereocenters. The minimum Gasteiger partial charge on any atom is -0.482 e. The summed E-state index contributed by atoms with van der Waals surface area (Å²) in [4.78, 5) is 37.7. The summed E-state index contributed by atoms with van der Waals surface area (Å²) in [7, 11) is 0. The van der Waals surface area contributed by atoms with E-state index in [9.17, 15) is 14.4 Å².